The number of aromatic hydroxyl groups is 1. The van der Waals surface area contributed by atoms with Gasteiger partial charge in [0, 0.05) is 19.0 Å². The summed E-state index contributed by atoms with van der Waals surface area (Å²) in [6.07, 6.45) is 0.0168. The zero-order chi connectivity index (χ0) is 17.4. The molecule has 24 heavy (non-hydrogen) atoms. The van der Waals surface area contributed by atoms with E-state index in [0.29, 0.717) is 6.61 Å². The Labute approximate surface area is 138 Å². The lowest BCUT2D eigenvalue weighted by molar-refractivity contribution is -0.116. The quantitative estimate of drug-likeness (QED) is 0.615. The van der Waals surface area contributed by atoms with Crippen LogP contribution in [0, 0.1) is 0 Å². The number of rotatable bonds is 7. The van der Waals surface area contributed by atoms with Crippen LogP contribution in [0.3, 0.4) is 0 Å². The van der Waals surface area contributed by atoms with Crippen LogP contribution < -0.4 is 15.4 Å². The Balaban J connectivity index is 1.87. The van der Waals surface area contributed by atoms with E-state index in [9.17, 15) is 14.7 Å². The number of hydrogen-bond donors (Lipinski definition) is 4. The fourth-order valence-electron chi connectivity index (χ4n) is 1.83. The Morgan fingerprint density at radius 2 is 1.96 bits per heavy atom. The third-order valence-electron chi connectivity index (χ3n) is 2.99. The Hall–Kier alpha value is -3.29. The number of hydrogen-bond acceptors (Lipinski definition) is 5. The van der Waals surface area contributed by atoms with Crippen LogP contribution in [0.2, 0.25) is 0 Å². The van der Waals surface area contributed by atoms with E-state index in [4.69, 9.17) is 9.84 Å². The highest BCUT2D eigenvalue weighted by Gasteiger charge is 2.09. The molecule has 1 aromatic carbocycles. The van der Waals surface area contributed by atoms with Crippen LogP contribution in [-0.2, 0) is 11.4 Å². The number of nitrogens with zero attached hydrogens (tertiary/aromatic N) is 1. The van der Waals surface area contributed by atoms with Crippen molar-refractivity contribution in [3.63, 3.8) is 0 Å². The summed E-state index contributed by atoms with van der Waals surface area (Å²) < 4.78 is 5.47. The minimum absolute atomic E-state index is 0.0202. The van der Waals surface area contributed by atoms with Crippen molar-refractivity contribution in [1.29, 1.82) is 0 Å². The number of ether oxygens (including phenoxy) is 1. The van der Waals surface area contributed by atoms with E-state index in [1.165, 1.54) is 12.3 Å². The minimum atomic E-state index is -1.20. The van der Waals surface area contributed by atoms with Crippen molar-refractivity contribution in [3.8, 4) is 11.6 Å². The molecule has 4 N–H and O–H groups in total. The van der Waals surface area contributed by atoms with E-state index in [-0.39, 0.29) is 30.3 Å². The molecule has 8 heteroatoms. The summed E-state index contributed by atoms with van der Waals surface area (Å²) in [5.41, 5.74) is 1.09. The fourth-order valence-corrected chi connectivity index (χ4v) is 1.83. The standard InChI is InChI=1S/C16H17N3O5/c20-13-8-15(24-10-11-4-2-1-3-5-11)18-9-12(13)19-14(21)6-7-17-16(22)23/h1-5,8-9,17H,6-7,10H2,(H,18,20)(H,19,21)(H,22,23). The monoisotopic (exact) mass is 331 g/mol. The van der Waals surface area contributed by atoms with Gasteiger partial charge in [-0.25, -0.2) is 9.78 Å². The molecule has 0 aliphatic heterocycles. The Morgan fingerprint density at radius 3 is 2.62 bits per heavy atom. The molecule has 1 aromatic heterocycles. The highest BCUT2D eigenvalue weighted by molar-refractivity contribution is 5.92. The van der Waals surface area contributed by atoms with Gasteiger partial charge in [-0.15, -0.1) is 0 Å². The number of carbonyl (C=O) groups is 2. The molecule has 126 valence electrons. The average molecular weight is 331 g/mol. The number of nitrogens with one attached hydrogen (secondary N) is 2. The maximum Gasteiger partial charge on any atom is 0.404 e. The summed E-state index contributed by atoms with van der Waals surface area (Å²) >= 11 is 0. The zero-order valence-electron chi connectivity index (χ0n) is 12.7. The summed E-state index contributed by atoms with van der Waals surface area (Å²) in [5, 5.41) is 22.8. The van der Waals surface area contributed by atoms with Crippen LogP contribution in [0.15, 0.2) is 42.6 Å². The van der Waals surface area contributed by atoms with Crippen molar-refractivity contribution in [1.82, 2.24) is 10.3 Å². The number of benzene rings is 1. The predicted octanol–water partition coefficient (Wildman–Crippen LogP) is 1.96. The number of anilines is 1. The van der Waals surface area contributed by atoms with E-state index in [1.54, 1.807) is 0 Å². The molecular weight excluding hydrogens is 314 g/mol. The van der Waals surface area contributed by atoms with Gasteiger partial charge in [-0.3, -0.25) is 4.79 Å². The van der Waals surface area contributed by atoms with Gasteiger partial charge in [-0.2, -0.15) is 0 Å². The van der Waals surface area contributed by atoms with Gasteiger partial charge in [0.2, 0.25) is 11.8 Å². The molecule has 0 aliphatic carbocycles. The van der Waals surface area contributed by atoms with Gasteiger partial charge in [0.15, 0.2) is 0 Å². The average Bonchev–Trinajstić information content (AvgIpc) is 2.56. The molecule has 0 bridgehead atoms. The molecule has 0 radical (unpaired) electrons. The SMILES string of the molecule is O=C(O)NCCC(=O)Nc1cnc(OCc2ccccc2)cc1O. The Kier molecular flexibility index (Phi) is 5.95. The summed E-state index contributed by atoms with van der Waals surface area (Å²) in [5.74, 6) is -0.409. The van der Waals surface area contributed by atoms with Gasteiger partial charge in [-0.1, -0.05) is 30.3 Å². The highest BCUT2D eigenvalue weighted by Crippen LogP contribution is 2.26. The molecule has 0 aliphatic rings. The van der Waals surface area contributed by atoms with Crippen LogP contribution in [0.1, 0.15) is 12.0 Å². The zero-order valence-corrected chi connectivity index (χ0v) is 12.7. The molecule has 2 amide bonds. The minimum Gasteiger partial charge on any atom is -0.506 e. The second kappa shape index (κ2) is 8.37. The van der Waals surface area contributed by atoms with Gasteiger partial charge in [0.25, 0.3) is 0 Å². The molecule has 0 saturated heterocycles. The summed E-state index contributed by atoms with van der Waals surface area (Å²) in [4.78, 5) is 25.9. The first-order chi connectivity index (χ1) is 11.5. The molecule has 0 fully saturated rings. The molecular formula is C16H17N3O5. The lowest BCUT2D eigenvalue weighted by Gasteiger charge is -2.09. The molecule has 0 atom stereocenters. The van der Waals surface area contributed by atoms with Gasteiger partial charge in [0.05, 0.1) is 6.20 Å². The lowest BCUT2D eigenvalue weighted by Crippen LogP contribution is -2.25. The maximum atomic E-state index is 11.6. The number of pyridine rings is 1. The second-order valence-corrected chi connectivity index (χ2v) is 4.84. The van der Waals surface area contributed by atoms with E-state index < -0.39 is 12.0 Å². The molecule has 1 heterocycles. The predicted molar refractivity (Wildman–Crippen MR) is 86.0 cm³/mol. The summed E-state index contributed by atoms with van der Waals surface area (Å²) in [7, 11) is 0. The topological polar surface area (TPSA) is 121 Å². The largest absolute Gasteiger partial charge is 0.506 e. The fraction of sp³-hybridized carbons (Fsp3) is 0.188. The number of carbonyl (C=O) groups excluding carboxylic acids is 1. The number of aromatic nitrogens is 1. The first kappa shape index (κ1) is 17.1. The molecule has 0 unspecified atom stereocenters. The Morgan fingerprint density at radius 1 is 1.21 bits per heavy atom. The first-order valence-corrected chi connectivity index (χ1v) is 7.17. The van der Waals surface area contributed by atoms with E-state index in [0.717, 1.165) is 5.56 Å². The third kappa shape index (κ3) is 5.48. The molecule has 8 nitrogen and oxygen atoms in total. The smallest absolute Gasteiger partial charge is 0.404 e. The molecule has 0 saturated carbocycles. The maximum absolute atomic E-state index is 11.6. The second-order valence-electron chi connectivity index (χ2n) is 4.84. The van der Waals surface area contributed by atoms with Crippen LogP contribution in [0.4, 0.5) is 10.5 Å². The van der Waals surface area contributed by atoms with Crippen molar-refractivity contribution >= 4 is 17.7 Å². The summed E-state index contributed by atoms with van der Waals surface area (Å²) in [6, 6.07) is 10.8. The van der Waals surface area contributed by atoms with E-state index >= 15 is 0 Å². The number of amides is 2. The first-order valence-electron chi connectivity index (χ1n) is 7.17. The van der Waals surface area contributed by atoms with Crippen LogP contribution in [0.25, 0.3) is 0 Å². The van der Waals surface area contributed by atoms with Crippen molar-refractivity contribution in [3.05, 3.63) is 48.2 Å². The number of carboxylic acid groups (broad SMARTS) is 1. The van der Waals surface area contributed by atoms with Crippen molar-refractivity contribution in [2.45, 2.75) is 13.0 Å². The molecule has 2 rings (SSSR count). The molecule has 2 aromatic rings. The third-order valence-corrected chi connectivity index (χ3v) is 2.99. The van der Waals surface area contributed by atoms with E-state index in [1.807, 2.05) is 30.3 Å². The van der Waals surface area contributed by atoms with Gasteiger partial charge >= 0.3 is 6.09 Å². The van der Waals surface area contributed by atoms with Gasteiger partial charge < -0.3 is 25.6 Å². The molecule has 0 spiro atoms. The normalized spacial score (nSPS) is 10.0. The van der Waals surface area contributed by atoms with Crippen molar-refractivity contribution in [2.75, 3.05) is 11.9 Å². The Bertz CT molecular complexity index is 706. The highest BCUT2D eigenvalue weighted by atomic mass is 16.5. The van der Waals surface area contributed by atoms with E-state index in [2.05, 4.69) is 15.6 Å². The van der Waals surface area contributed by atoms with Crippen molar-refractivity contribution < 1.29 is 24.5 Å². The van der Waals surface area contributed by atoms with Gasteiger partial charge in [-0.05, 0) is 5.56 Å². The lowest BCUT2D eigenvalue weighted by atomic mass is 10.2. The van der Waals surface area contributed by atoms with Gasteiger partial charge in [0.1, 0.15) is 18.0 Å². The van der Waals surface area contributed by atoms with Crippen LogP contribution in [0.5, 0.6) is 11.6 Å². The van der Waals surface area contributed by atoms with Crippen molar-refractivity contribution in [2.24, 2.45) is 0 Å². The summed E-state index contributed by atoms with van der Waals surface area (Å²) in [6.45, 7) is 0.285. The van der Waals surface area contributed by atoms with Crippen LogP contribution in [-0.4, -0.2) is 33.7 Å². The van der Waals surface area contributed by atoms with Crippen LogP contribution >= 0.6 is 0 Å².